The number of methoxy groups -OCH3 is 1. The minimum Gasteiger partial charge on any atom is -0.490 e. The Morgan fingerprint density at radius 2 is 2.09 bits per heavy atom. The topological polar surface area (TPSA) is 133 Å². The average molecular weight is 473 g/mol. The lowest BCUT2D eigenvalue weighted by atomic mass is 9.84. The molecule has 1 N–H and O–H groups in total. The zero-order valence-corrected chi connectivity index (χ0v) is 19.3. The predicted molar refractivity (Wildman–Crippen MR) is 129 cm³/mol. The predicted octanol–water partition coefficient (Wildman–Crippen LogP) is 4.60. The molecule has 1 atom stereocenters. The summed E-state index contributed by atoms with van der Waals surface area (Å²) in [6.45, 7) is 1.78. The van der Waals surface area contributed by atoms with Crippen LogP contribution in [0.15, 0.2) is 52.0 Å². The van der Waals surface area contributed by atoms with E-state index in [4.69, 9.17) is 14.3 Å². The number of benzene rings is 2. The van der Waals surface area contributed by atoms with Crippen molar-refractivity contribution < 1.29 is 19.0 Å². The molecule has 2 heterocycles. The highest BCUT2D eigenvalue weighted by molar-refractivity contribution is 6.19. The second kappa shape index (κ2) is 9.13. The number of aryl methyl sites for hydroxylation is 3. The number of amides is 1. The summed E-state index contributed by atoms with van der Waals surface area (Å²) in [5.74, 6) is 0.921. The van der Waals surface area contributed by atoms with Crippen molar-refractivity contribution in [3.63, 3.8) is 0 Å². The molecule has 0 saturated heterocycles. The maximum Gasteiger partial charge on any atom is 0.310 e. The highest BCUT2D eigenvalue weighted by Crippen LogP contribution is 2.38. The molecule has 0 fully saturated rings. The lowest BCUT2D eigenvalue weighted by molar-refractivity contribution is -0.385. The van der Waals surface area contributed by atoms with Crippen LogP contribution in [0.5, 0.6) is 5.75 Å². The van der Waals surface area contributed by atoms with Gasteiger partial charge >= 0.3 is 5.69 Å². The van der Waals surface area contributed by atoms with E-state index < -0.39 is 4.92 Å². The summed E-state index contributed by atoms with van der Waals surface area (Å²) < 4.78 is 10.4. The van der Waals surface area contributed by atoms with Crippen molar-refractivity contribution in [3.8, 4) is 5.75 Å². The molecular formula is C25H23N5O5. The van der Waals surface area contributed by atoms with Gasteiger partial charge in [0.2, 0.25) is 11.8 Å². The molecule has 178 valence electrons. The fourth-order valence-electron chi connectivity index (χ4n) is 4.42. The van der Waals surface area contributed by atoms with Gasteiger partial charge < -0.3 is 14.6 Å². The molecular weight excluding hydrogens is 450 g/mol. The Morgan fingerprint density at radius 3 is 2.83 bits per heavy atom. The number of ether oxygens (including phenoxy) is 1. The number of anilines is 1. The van der Waals surface area contributed by atoms with E-state index in [0.717, 1.165) is 16.7 Å². The van der Waals surface area contributed by atoms with Crippen LogP contribution in [0.25, 0.3) is 5.57 Å². The third kappa shape index (κ3) is 4.54. The van der Waals surface area contributed by atoms with Gasteiger partial charge in [0.15, 0.2) is 11.6 Å². The first kappa shape index (κ1) is 22.5. The molecule has 35 heavy (non-hydrogen) atoms. The lowest BCUT2D eigenvalue weighted by Gasteiger charge is -2.22. The highest BCUT2D eigenvalue weighted by Gasteiger charge is 2.31. The molecule has 10 heteroatoms. The molecule has 1 aliphatic carbocycles. The van der Waals surface area contributed by atoms with E-state index in [-0.39, 0.29) is 23.3 Å². The van der Waals surface area contributed by atoms with Gasteiger partial charge in [-0.2, -0.15) is 4.98 Å². The quantitative estimate of drug-likeness (QED) is 0.409. The van der Waals surface area contributed by atoms with E-state index in [1.54, 1.807) is 19.1 Å². The third-order valence-electron chi connectivity index (χ3n) is 6.21. The van der Waals surface area contributed by atoms with Crippen LogP contribution in [0, 0.1) is 23.0 Å². The number of carbonyl (C=O) groups excluding carboxylic acids is 1. The highest BCUT2D eigenvalue weighted by atomic mass is 16.6. The van der Waals surface area contributed by atoms with E-state index in [0.29, 0.717) is 54.5 Å². The number of hydrogen-bond donors (Lipinski definition) is 1. The van der Waals surface area contributed by atoms with Gasteiger partial charge in [0, 0.05) is 12.5 Å². The van der Waals surface area contributed by atoms with Gasteiger partial charge in [0.1, 0.15) is 0 Å². The number of nitrogens with zero attached hydrogens (tertiary/aromatic N) is 4. The summed E-state index contributed by atoms with van der Waals surface area (Å²) in [4.78, 5) is 32.8. The summed E-state index contributed by atoms with van der Waals surface area (Å²) in [6, 6.07) is 10.6. The van der Waals surface area contributed by atoms with E-state index in [1.165, 1.54) is 13.2 Å². The molecule has 5 rings (SSSR count). The minimum absolute atomic E-state index is 0.0873. The maximum atomic E-state index is 13.0. The number of carbonyl (C=O) groups is 1. The Hall–Kier alpha value is -4.34. The Labute approximate surface area is 200 Å². The summed E-state index contributed by atoms with van der Waals surface area (Å²) in [6.07, 6.45) is 4.44. The second-order valence-corrected chi connectivity index (χ2v) is 8.52. The van der Waals surface area contributed by atoms with Crippen molar-refractivity contribution in [2.45, 2.75) is 32.6 Å². The largest absolute Gasteiger partial charge is 0.490 e. The molecule has 0 saturated carbocycles. The fraction of sp³-hybridized carbons (Fsp3) is 0.280. The molecule has 0 bridgehead atoms. The van der Waals surface area contributed by atoms with Crippen LogP contribution in [0.3, 0.4) is 0 Å². The third-order valence-corrected chi connectivity index (χ3v) is 6.21. The smallest absolute Gasteiger partial charge is 0.310 e. The first-order chi connectivity index (χ1) is 16.9. The van der Waals surface area contributed by atoms with Gasteiger partial charge in [-0.1, -0.05) is 11.2 Å². The molecule has 10 nitrogen and oxygen atoms in total. The number of nitro benzene ring substituents is 1. The Bertz CT molecular complexity index is 1390. The van der Waals surface area contributed by atoms with Crippen molar-refractivity contribution in [1.29, 1.82) is 0 Å². The van der Waals surface area contributed by atoms with Gasteiger partial charge in [-0.3, -0.25) is 19.9 Å². The van der Waals surface area contributed by atoms with Crippen LogP contribution in [0.2, 0.25) is 0 Å². The van der Waals surface area contributed by atoms with E-state index in [2.05, 4.69) is 15.5 Å². The van der Waals surface area contributed by atoms with Crippen LogP contribution in [0.4, 0.5) is 17.1 Å². The van der Waals surface area contributed by atoms with Crippen LogP contribution < -0.4 is 10.1 Å². The molecule has 0 spiro atoms. The van der Waals surface area contributed by atoms with Gasteiger partial charge in [-0.05, 0) is 73.2 Å². The van der Waals surface area contributed by atoms with Crippen LogP contribution in [-0.2, 0) is 17.6 Å². The molecule has 1 unspecified atom stereocenters. The Kier molecular flexibility index (Phi) is 5.86. The average Bonchev–Trinajstić information content (AvgIpc) is 3.22. The molecule has 3 aromatic rings. The monoisotopic (exact) mass is 473 g/mol. The summed E-state index contributed by atoms with van der Waals surface area (Å²) in [7, 11) is 1.41. The fourth-order valence-corrected chi connectivity index (χ4v) is 4.42. The van der Waals surface area contributed by atoms with Crippen molar-refractivity contribution in [2.75, 3.05) is 12.4 Å². The SMILES string of the molecule is COc1cc(C2=CC3=Nc4ccc(CCc5nc(C)no5)cc4NC(=O)C3CC2)ccc1[N+](=O)[O-]. The molecule has 1 aliphatic heterocycles. The summed E-state index contributed by atoms with van der Waals surface area (Å²) in [5, 5.41) is 18.1. The van der Waals surface area contributed by atoms with Crippen molar-refractivity contribution in [2.24, 2.45) is 10.9 Å². The standard InChI is InChI=1S/C25H23N5O5/c1-14-26-24(35-29-14)10-4-15-3-8-19-21(11-15)28-25(31)18-7-5-16(12-20(18)27-19)17-6-9-22(30(32)33)23(13-17)34-2/h3,6,8-9,11-13,18H,4-5,7,10H2,1-2H3,(H,28,31). The van der Waals surface area contributed by atoms with Crippen LogP contribution >= 0.6 is 0 Å². The van der Waals surface area contributed by atoms with Crippen molar-refractivity contribution in [3.05, 3.63) is 75.4 Å². The summed E-state index contributed by atoms with van der Waals surface area (Å²) in [5.41, 5.74) is 4.74. The molecule has 1 aromatic heterocycles. The maximum absolute atomic E-state index is 13.0. The van der Waals surface area contributed by atoms with E-state index in [1.807, 2.05) is 24.3 Å². The summed E-state index contributed by atoms with van der Waals surface area (Å²) >= 11 is 0. The number of hydrogen-bond acceptors (Lipinski definition) is 8. The van der Waals surface area contributed by atoms with E-state index >= 15 is 0 Å². The number of allylic oxidation sites excluding steroid dienone is 2. The van der Waals surface area contributed by atoms with Crippen molar-refractivity contribution >= 4 is 34.3 Å². The van der Waals surface area contributed by atoms with E-state index in [9.17, 15) is 14.9 Å². The lowest BCUT2D eigenvalue weighted by Crippen LogP contribution is -2.29. The zero-order chi connectivity index (χ0) is 24.5. The van der Waals surface area contributed by atoms with Gasteiger partial charge in [0.25, 0.3) is 0 Å². The molecule has 0 radical (unpaired) electrons. The van der Waals surface area contributed by atoms with Gasteiger partial charge in [0.05, 0.1) is 35.0 Å². The zero-order valence-electron chi connectivity index (χ0n) is 19.3. The number of aromatic nitrogens is 2. The first-order valence-corrected chi connectivity index (χ1v) is 11.3. The van der Waals surface area contributed by atoms with Crippen LogP contribution in [-0.4, -0.2) is 33.8 Å². The normalized spacial score (nSPS) is 16.9. The number of rotatable bonds is 6. The molecule has 2 aromatic carbocycles. The van der Waals surface area contributed by atoms with Crippen molar-refractivity contribution in [1.82, 2.24) is 10.1 Å². The number of nitrogens with one attached hydrogen (secondary N) is 1. The minimum atomic E-state index is -0.470. The first-order valence-electron chi connectivity index (χ1n) is 11.3. The number of aliphatic imine (C=N–C) groups is 1. The number of nitro groups is 1. The number of fused-ring (bicyclic) bond motifs is 2. The molecule has 1 amide bonds. The molecule has 2 aliphatic rings. The van der Waals surface area contributed by atoms with Gasteiger partial charge in [-0.15, -0.1) is 0 Å². The second-order valence-electron chi connectivity index (χ2n) is 8.52. The van der Waals surface area contributed by atoms with Crippen LogP contribution in [0.1, 0.15) is 35.7 Å². The Balaban J connectivity index is 1.43. The van der Waals surface area contributed by atoms with Gasteiger partial charge in [-0.25, -0.2) is 0 Å². The Morgan fingerprint density at radius 1 is 1.23 bits per heavy atom.